The number of nitrogens with one attached hydrogen (secondary N) is 1. The highest BCUT2D eigenvalue weighted by Crippen LogP contribution is 2.28. The lowest BCUT2D eigenvalue weighted by molar-refractivity contribution is 0.220. The van der Waals surface area contributed by atoms with Crippen LogP contribution in [0.1, 0.15) is 45.6 Å². The fourth-order valence-corrected chi connectivity index (χ4v) is 3.08. The number of benzene rings is 1. The van der Waals surface area contributed by atoms with Crippen LogP contribution in [0.4, 0.5) is 0 Å². The van der Waals surface area contributed by atoms with Crippen LogP contribution in [0.2, 0.25) is 0 Å². The molecule has 0 aliphatic carbocycles. The summed E-state index contributed by atoms with van der Waals surface area (Å²) >= 11 is 0. The normalized spacial score (nSPS) is 12.4. The largest absolute Gasteiger partial charge is 0.493 e. The molecular formula is C20H26N4O3. The van der Waals surface area contributed by atoms with Crippen LogP contribution in [-0.2, 0) is 0 Å². The number of fused-ring (bicyclic) bond motifs is 1. The lowest BCUT2D eigenvalue weighted by Crippen LogP contribution is -2.15. The number of imidazole rings is 1. The number of hydrogen-bond acceptors (Lipinski definition) is 5. The van der Waals surface area contributed by atoms with Gasteiger partial charge in [0.1, 0.15) is 11.6 Å². The maximum Gasteiger partial charge on any atom is 0.279 e. The number of unbranched alkanes of at least 4 members (excludes halogenated alkanes) is 1. The highest BCUT2D eigenvalue weighted by atomic mass is 16.5. The van der Waals surface area contributed by atoms with E-state index in [0.29, 0.717) is 23.8 Å². The summed E-state index contributed by atoms with van der Waals surface area (Å²) < 4.78 is 7.61. The molecule has 144 valence electrons. The zero-order valence-corrected chi connectivity index (χ0v) is 15.8. The van der Waals surface area contributed by atoms with E-state index in [9.17, 15) is 9.90 Å². The number of aliphatic hydroxyl groups is 1. The maximum absolute atomic E-state index is 12.6. The average molecular weight is 370 g/mol. The van der Waals surface area contributed by atoms with Crippen LogP contribution in [0.25, 0.3) is 22.6 Å². The van der Waals surface area contributed by atoms with Crippen LogP contribution in [0.5, 0.6) is 5.75 Å². The molecule has 0 aliphatic heterocycles. The topological polar surface area (TPSA) is 93.0 Å². The number of aliphatic hydroxyl groups excluding tert-OH is 1. The SMILES string of the molecule is CCCCC(CO)n1cnc2c(=O)[nH]c(-c3ccccc3OCCC)nc21. The second-order valence-corrected chi connectivity index (χ2v) is 6.56. The van der Waals surface area contributed by atoms with Gasteiger partial charge in [0.15, 0.2) is 11.2 Å². The van der Waals surface area contributed by atoms with Crippen molar-refractivity contribution in [2.24, 2.45) is 0 Å². The summed E-state index contributed by atoms with van der Waals surface area (Å²) in [6, 6.07) is 7.36. The predicted molar refractivity (Wildman–Crippen MR) is 105 cm³/mol. The van der Waals surface area contributed by atoms with Gasteiger partial charge in [-0.2, -0.15) is 0 Å². The third-order valence-corrected chi connectivity index (χ3v) is 4.53. The number of para-hydroxylation sites is 1. The number of ether oxygens (including phenoxy) is 1. The lowest BCUT2D eigenvalue weighted by atomic mass is 10.1. The number of aromatic nitrogens is 4. The molecule has 0 saturated carbocycles. The van der Waals surface area contributed by atoms with Crippen molar-refractivity contribution in [1.82, 2.24) is 19.5 Å². The molecule has 27 heavy (non-hydrogen) atoms. The van der Waals surface area contributed by atoms with Crippen LogP contribution >= 0.6 is 0 Å². The van der Waals surface area contributed by atoms with Crippen molar-refractivity contribution < 1.29 is 9.84 Å². The Morgan fingerprint density at radius 3 is 2.81 bits per heavy atom. The first-order chi connectivity index (χ1) is 13.2. The zero-order chi connectivity index (χ0) is 19.2. The molecule has 0 spiro atoms. The van der Waals surface area contributed by atoms with E-state index in [1.54, 1.807) is 10.9 Å². The van der Waals surface area contributed by atoms with E-state index in [1.165, 1.54) is 0 Å². The van der Waals surface area contributed by atoms with Crippen molar-refractivity contribution in [2.75, 3.05) is 13.2 Å². The molecule has 1 atom stereocenters. The fourth-order valence-electron chi connectivity index (χ4n) is 3.08. The Morgan fingerprint density at radius 2 is 2.07 bits per heavy atom. The molecule has 1 unspecified atom stereocenters. The Bertz CT molecular complexity index is 948. The summed E-state index contributed by atoms with van der Waals surface area (Å²) in [4.78, 5) is 24.3. The summed E-state index contributed by atoms with van der Waals surface area (Å²) in [7, 11) is 0. The zero-order valence-electron chi connectivity index (χ0n) is 15.8. The second-order valence-electron chi connectivity index (χ2n) is 6.56. The highest BCUT2D eigenvalue weighted by molar-refractivity contribution is 5.74. The molecule has 0 amide bonds. The number of hydrogen-bond donors (Lipinski definition) is 2. The molecular weight excluding hydrogens is 344 g/mol. The fraction of sp³-hybridized carbons (Fsp3) is 0.450. The first kappa shape index (κ1) is 19.1. The van der Waals surface area contributed by atoms with E-state index in [4.69, 9.17) is 4.74 Å². The smallest absolute Gasteiger partial charge is 0.279 e. The van der Waals surface area contributed by atoms with Gasteiger partial charge >= 0.3 is 0 Å². The van der Waals surface area contributed by atoms with Crippen molar-refractivity contribution in [1.29, 1.82) is 0 Å². The summed E-state index contributed by atoms with van der Waals surface area (Å²) in [5.41, 5.74) is 1.19. The summed E-state index contributed by atoms with van der Waals surface area (Å²) in [6.45, 7) is 4.71. The van der Waals surface area contributed by atoms with Crippen molar-refractivity contribution in [3.05, 3.63) is 40.9 Å². The van der Waals surface area contributed by atoms with Crippen molar-refractivity contribution in [2.45, 2.75) is 45.6 Å². The van der Waals surface area contributed by atoms with Gasteiger partial charge in [-0.05, 0) is 25.0 Å². The van der Waals surface area contributed by atoms with Crippen molar-refractivity contribution in [3.8, 4) is 17.1 Å². The Hall–Kier alpha value is -2.67. The van der Waals surface area contributed by atoms with Gasteiger partial charge in [0.05, 0.1) is 31.1 Å². The van der Waals surface area contributed by atoms with Gasteiger partial charge in [-0.1, -0.05) is 38.8 Å². The van der Waals surface area contributed by atoms with Gasteiger partial charge in [-0.3, -0.25) is 4.79 Å². The molecule has 3 aromatic rings. The Morgan fingerprint density at radius 1 is 1.26 bits per heavy atom. The molecule has 0 aliphatic rings. The first-order valence-electron chi connectivity index (χ1n) is 9.49. The molecule has 0 bridgehead atoms. The first-order valence-corrected chi connectivity index (χ1v) is 9.49. The van der Waals surface area contributed by atoms with Crippen LogP contribution < -0.4 is 10.3 Å². The van der Waals surface area contributed by atoms with Gasteiger partial charge in [0, 0.05) is 0 Å². The molecule has 3 rings (SSSR count). The van der Waals surface area contributed by atoms with Crippen LogP contribution in [0, 0.1) is 0 Å². The minimum absolute atomic E-state index is 0.0224. The lowest BCUT2D eigenvalue weighted by Gasteiger charge is -2.16. The minimum atomic E-state index is -0.300. The molecule has 2 aromatic heterocycles. The second kappa shape index (κ2) is 8.81. The molecule has 0 saturated heterocycles. The molecule has 0 radical (unpaired) electrons. The van der Waals surface area contributed by atoms with Gasteiger partial charge in [-0.25, -0.2) is 9.97 Å². The molecule has 1 aromatic carbocycles. The highest BCUT2D eigenvalue weighted by Gasteiger charge is 2.18. The molecule has 2 N–H and O–H groups in total. The van der Waals surface area contributed by atoms with Gasteiger partial charge in [-0.15, -0.1) is 0 Å². The van der Waals surface area contributed by atoms with Crippen LogP contribution in [0.3, 0.4) is 0 Å². The maximum atomic E-state index is 12.6. The van der Waals surface area contributed by atoms with Crippen molar-refractivity contribution in [3.63, 3.8) is 0 Å². The molecule has 0 fully saturated rings. The van der Waals surface area contributed by atoms with E-state index < -0.39 is 0 Å². The number of aromatic amines is 1. The van der Waals surface area contributed by atoms with E-state index in [2.05, 4.69) is 21.9 Å². The average Bonchev–Trinajstić information content (AvgIpc) is 3.12. The third kappa shape index (κ3) is 4.03. The van der Waals surface area contributed by atoms with Gasteiger partial charge in [0.2, 0.25) is 0 Å². The predicted octanol–water partition coefficient (Wildman–Crippen LogP) is 3.30. The van der Waals surface area contributed by atoms with Gasteiger partial charge < -0.3 is 19.4 Å². The van der Waals surface area contributed by atoms with Crippen molar-refractivity contribution >= 4 is 11.2 Å². The third-order valence-electron chi connectivity index (χ3n) is 4.53. The Balaban J connectivity index is 2.09. The molecule has 2 heterocycles. The summed E-state index contributed by atoms with van der Waals surface area (Å²) in [6.07, 6.45) is 5.30. The Kier molecular flexibility index (Phi) is 6.24. The quantitative estimate of drug-likeness (QED) is 0.603. The molecule has 7 heteroatoms. The van der Waals surface area contributed by atoms with Gasteiger partial charge in [0.25, 0.3) is 5.56 Å². The summed E-state index contributed by atoms with van der Waals surface area (Å²) in [5.74, 6) is 1.12. The Labute approximate surface area is 158 Å². The van der Waals surface area contributed by atoms with E-state index in [0.717, 1.165) is 31.2 Å². The van der Waals surface area contributed by atoms with E-state index in [1.807, 2.05) is 31.2 Å². The minimum Gasteiger partial charge on any atom is -0.493 e. The molecule has 7 nitrogen and oxygen atoms in total. The van der Waals surface area contributed by atoms with Crippen LogP contribution in [0.15, 0.2) is 35.4 Å². The standard InChI is InChI=1S/C20H26N4O3/c1-3-5-8-14(12-25)24-13-21-17-19(24)22-18(23-20(17)26)15-9-6-7-10-16(15)27-11-4-2/h6-7,9-10,13-14,25H,3-5,8,11-12H2,1-2H3,(H,22,23,26). The number of rotatable bonds is 9. The number of nitrogens with zero attached hydrogens (tertiary/aromatic N) is 3. The summed E-state index contributed by atoms with van der Waals surface area (Å²) in [5, 5.41) is 9.80. The monoisotopic (exact) mass is 370 g/mol. The van der Waals surface area contributed by atoms with Crippen LogP contribution in [-0.4, -0.2) is 37.8 Å². The van der Waals surface area contributed by atoms with E-state index >= 15 is 0 Å². The number of H-pyrrole nitrogens is 1. The van der Waals surface area contributed by atoms with E-state index in [-0.39, 0.29) is 23.7 Å².